The van der Waals surface area contributed by atoms with Crippen molar-refractivity contribution >= 4 is 11.9 Å². The molecule has 0 spiro atoms. The van der Waals surface area contributed by atoms with E-state index < -0.39 is 28.4 Å². The molecule has 5 heteroatoms. The van der Waals surface area contributed by atoms with E-state index in [9.17, 15) is 19.8 Å². The Bertz CT molecular complexity index is 729. The molecule has 0 bridgehead atoms. The van der Waals surface area contributed by atoms with Crippen molar-refractivity contribution in [3.8, 4) is 0 Å². The summed E-state index contributed by atoms with van der Waals surface area (Å²) in [6.07, 6.45) is 9.53. The van der Waals surface area contributed by atoms with Crippen LogP contribution in [0.5, 0.6) is 0 Å². The quantitative estimate of drug-likeness (QED) is 0.379. The predicted octanol–water partition coefficient (Wildman–Crippen LogP) is 7.02. The molecule has 0 aromatic heterocycles. The van der Waals surface area contributed by atoms with Crippen LogP contribution in [-0.2, 0) is 14.3 Å². The van der Waals surface area contributed by atoms with Gasteiger partial charge in [0.25, 0.3) is 0 Å². The smallest absolute Gasteiger partial charge is 0.333 e. The maximum atomic E-state index is 12.8. The molecule has 188 valence electrons. The summed E-state index contributed by atoms with van der Waals surface area (Å²) in [6, 6.07) is 0. The number of hydrogen-bond acceptors (Lipinski definition) is 3. The van der Waals surface area contributed by atoms with E-state index in [2.05, 4.69) is 54.7 Å². The summed E-state index contributed by atoms with van der Waals surface area (Å²) in [6.45, 7) is 20.9. The fraction of sp³-hybridized carbons (Fsp3) is 0.786. The summed E-state index contributed by atoms with van der Waals surface area (Å²) in [5.41, 5.74) is -2.78. The molecule has 0 amide bonds. The van der Waals surface area contributed by atoms with Crippen LogP contribution in [0.4, 0.5) is 0 Å². The molecule has 2 N–H and O–H groups in total. The molecule has 0 radical (unpaired) electrons. The van der Waals surface area contributed by atoms with Gasteiger partial charge in [-0.2, -0.15) is 0 Å². The second kappa shape index (κ2) is 9.56. The van der Waals surface area contributed by atoms with Crippen molar-refractivity contribution in [1.82, 2.24) is 0 Å². The molecule has 0 aromatic carbocycles. The Morgan fingerprint density at radius 2 is 1.09 bits per heavy atom. The molecule has 0 heterocycles. The van der Waals surface area contributed by atoms with Gasteiger partial charge in [0.15, 0.2) is 0 Å². The van der Waals surface area contributed by atoms with E-state index >= 15 is 0 Å². The standard InChI is InChI=1S/C28H46O5/c1-20(22(29)30)19-33-28(21(2)23(31)32,26(24(3,4)5)15-11-9-12-16-26)27(25(6,7)8)17-13-10-14-18-27/h1-2,9-19H2,3-8H3,(H,29,30)(H,31,32). The monoisotopic (exact) mass is 462 g/mol. The minimum atomic E-state index is -1.22. The van der Waals surface area contributed by atoms with Crippen molar-refractivity contribution in [3.63, 3.8) is 0 Å². The van der Waals surface area contributed by atoms with Crippen LogP contribution in [0, 0.1) is 21.7 Å². The Kier molecular flexibility index (Phi) is 8.00. The normalized spacial score (nSPS) is 21.3. The van der Waals surface area contributed by atoms with Gasteiger partial charge >= 0.3 is 11.9 Å². The van der Waals surface area contributed by atoms with Crippen LogP contribution in [0.1, 0.15) is 106 Å². The van der Waals surface area contributed by atoms with Crippen LogP contribution in [0.15, 0.2) is 24.3 Å². The lowest BCUT2D eigenvalue weighted by atomic mass is 9.38. The van der Waals surface area contributed by atoms with Crippen molar-refractivity contribution < 1.29 is 24.5 Å². The summed E-state index contributed by atoms with van der Waals surface area (Å²) in [5, 5.41) is 20.1. The Hall–Kier alpha value is -1.62. The lowest BCUT2D eigenvalue weighted by Gasteiger charge is -2.69. The average Bonchev–Trinajstić information content (AvgIpc) is 2.73. The van der Waals surface area contributed by atoms with Crippen molar-refractivity contribution in [2.75, 3.05) is 6.61 Å². The van der Waals surface area contributed by atoms with Crippen molar-refractivity contribution in [3.05, 3.63) is 24.3 Å². The highest BCUT2D eigenvalue weighted by Gasteiger charge is 2.71. The molecule has 0 aromatic rings. The van der Waals surface area contributed by atoms with Gasteiger partial charge in [0, 0.05) is 10.8 Å². The van der Waals surface area contributed by atoms with E-state index in [0.717, 1.165) is 64.2 Å². The van der Waals surface area contributed by atoms with Crippen LogP contribution in [0.3, 0.4) is 0 Å². The topological polar surface area (TPSA) is 83.8 Å². The number of rotatable bonds is 8. The number of ether oxygens (including phenoxy) is 1. The number of carboxylic acids is 2. The maximum Gasteiger partial charge on any atom is 0.333 e. The van der Waals surface area contributed by atoms with E-state index in [4.69, 9.17) is 4.74 Å². The van der Waals surface area contributed by atoms with Gasteiger partial charge in [0.2, 0.25) is 0 Å². The summed E-state index contributed by atoms with van der Waals surface area (Å²) < 4.78 is 6.85. The Labute approximate surface area is 200 Å². The number of hydrogen-bond donors (Lipinski definition) is 2. The Morgan fingerprint density at radius 3 is 1.36 bits per heavy atom. The highest BCUT2D eigenvalue weighted by Crippen LogP contribution is 2.71. The lowest BCUT2D eigenvalue weighted by Crippen LogP contribution is -2.71. The Morgan fingerprint density at radius 1 is 0.727 bits per heavy atom. The first kappa shape index (κ1) is 27.6. The molecule has 2 saturated carbocycles. The molecule has 2 aliphatic carbocycles. The van der Waals surface area contributed by atoms with Gasteiger partial charge in [0.1, 0.15) is 5.60 Å². The van der Waals surface area contributed by atoms with Crippen molar-refractivity contribution in [2.45, 2.75) is 111 Å². The second-order valence-electron chi connectivity index (χ2n) is 12.4. The molecule has 33 heavy (non-hydrogen) atoms. The molecule has 0 unspecified atom stereocenters. The molecule has 2 rings (SSSR count). The van der Waals surface area contributed by atoms with E-state index in [0.29, 0.717) is 0 Å². The first-order valence-electron chi connectivity index (χ1n) is 12.6. The zero-order valence-corrected chi connectivity index (χ0v) is 21.8. The van der Waals surface area contributed by atoms with Crippen molar-refractivity contribution in [1.29, 1.82) is 0 Å². The third-order valence-electron chi connectivity index (χ3n) is 9.08. The molecule has 0 saturated heterocycles. The van der Waals surface area contributed by atoms with E-state index in [1.54, 1.807) is 0 Å². The number of carbonyl (C=O) groups is 2. The molecule has 0 atom stereocenters. The first-order chi connectivity index (χ1) is 15.1. The van der Waals surface area contributed by atoms with Crippen LogP contribution >= 0.6 is 0 Å². The molecular weight excluding hydrogens is 416 g/mol. The highest BCUT2D eigenvalue weighted by atomic mass is 16.5. The first-order valence-corrected chi connectivity index (χ1v) is 12.6. The van der Waals surface area contributed by atoms with Crippen LogP contribution in [0.2, 0.25) is 0 Å². The third kappa shape index (κ3) is 4.42. The largest absolute Gasteiger partial charge is 0.478 e. The van der Waals surface area contributed by atoms with Gasteiger partial charge in [-0.15, -0.1) is 0 Å². The third-order valence-corrected chi connectivity index (χ3v) is 9.08. The number of carboxylic acid groups (broad SMARTS) is 2. The summed E-state index contributed by atoms with van der Waals surface area (Å²) in [7, 11) is 0. The van der Waals surface area contributed by atoms with Gasteiger partial charge < -0.3 is 14.9 Å². The maximum absolute atomic E-state index is 12.8. The minimum absolute atomic E-state index is 0.0581. The van der Waals surface area contributed by atoms with Crippen molar-refractivity contribution in [2.24, 2.45) is 21.7 Å². The molecular formula is C28H46O5. The fourth-order valence-electron chi connectivity index (χ4n) is 7.38. The molecule has 2 aliphatic rings. The van der Waals surface area contributed by atoms with Gasteiger partial charge in [-0.05, 0) is 36.5 Å². The van der Waals surface area contributed by atoms with E-state index in [1.807, 2.05) is 0 Å². The van der Waals surface area contributed by atoms with E-state index in [-0.39, 0.29) is 28.6 Å². The number of aliphatic carboxylic acids is 2. The zero-order valence-electron chi connectivity index (χ0n) is 21.8. The fourth-order valence-corrected chi connectivity index (χ4v) is 7.38. The Balaban J connectivity index is 3.00. The van der Waals surface area contributed by atoms with Gasteiger partial charge in [-0.1, -0.05) is 93.2 Å². The van der Waals surface area contributed by atoms with E-state index in [1.165, 1.54) is 0 Å². The van der Waals surface area contributed by atoms with Gasteiger partial charge in [-0.25, -0.2) is 9.59 Å². The van der Waals surface area contributed by atoms with Gasteiger partial charge in [0.05, 0.1) is 17.8 Å². The molecule has 5 nitrogen and oxygen atoms in total. The second-order valence-corrected chi connectivity index (χ2v) is 12.4. The predicted molar refractivity (Wildman–Crippen MR) is 132 cm³/mol. The minimum Gasteiger partial charge on any atom is -0.478 e. The zero-order chi connectivity index (χ0) is 25.3. The summed E-state index contributed by atoms with van der Waals surface area (Å²) in [5.74, 6) is -2.17. The highest BCUT2D eigenvalue weighted by molar-refractivity contribution is 5.89. The summed E-state index contributed by atoms with van der Waals surface area (Å²) in [4.78, 5) is 24.5. The van der Waals surface area contributed by atoms with Crippen LogP contribution < -0.4 is 0 Å². The average molecular weight is 463 g/mol. The lowest BCUT2D eigenvalue weighted by molar-refractivity contribution is -0.263. The summed E-state index contributed by atoms with van der Waals surface area (Å²) >= 11 is 0. The SMILES string of the molecule is C=C(COC(C(=C)C(=O)O)(C1(C(C)(C)C)CCCCC1)C1(C(C)(C)C)CCCCC1)C(=O)O. The van der Waals surface area contributed by atoms with Crippen LogP contribution in [0.25, 0.3) is 0 Å². The molecule has 2 fully saturated rings. The molecule has 0 aliphatic heterocycles. The van der Waals surface area contributed by atoms with Gasteiger partial charge in [-0.3, -0.25) is 0 Å². The van der Waals surface area contributed by atoms with Crippen LogP contribution in [-0.4, -0.2) is 34.4 Å².